The minimum Gasteiger partial charge on any atom is -0.359 e. The summed E-state index contributed by atoms with van der Waals surface area (Å²) in [7, 11) is 2.19. The molecule has 2 heteroatoms. The van der Waals surface area contributed by atoms with Crippen LogP contribution in [0, 0.1) is 0 Å². The van der Waals surface area contributed by atoms with Gasteiger partial charge in [-0.05, 0) is 19.3 Å². The second-order valence-electron chi connectivity index (χ2n) is 4.53. The molecular weight excluding hydrogens is 184 g/mol. The van der Waals surface area contributed by atoms with Crippen molar-refractivity contribution in [2.24, 2.45) is 0 Å². The molecule has 1 rings (SSSR count). The van der Waals surface area contributed by atoms with E-state index < -0.39 is 0 Å². The predicted octanol–water partition coefficient (Wildman–Crippen LogP) is 3.41. The smallest absolute Gasteiger partial charge is 0.100 e. The molecule has 1 aliphatic heterocycles. The Bertz CT molecular complexity index is 189. The molecule has 15 heavy (non-hydrogen) atoms. The van der Waals surface area contributed by atoms with E-state index in [1.807, 2.05) is 0 Å². The average molecular weight is 210 g/mol. The lowest BCUT2D eigenvalue weighted by Gasteiger charge is -2.30. The maximum absolute atomic E-state index is 2.50. The molecule has 2 nitrogen and oxygen atoms in total. The second-order valence-corrected chi connectivity index (χ2v) is 4.53. The third-order valence-corrected chi connectivity index (χ3v) is 3.18. The van der Waals surface area contributed by atoms with E-state index >= 15 is 0 Å². The van der Waals surface area contributed by atoms with Crippen LogP contribution in [0.15, 0.2) is 12.4 Å². The van der Waals surface area contributed by atoms with E-state index in [1.54, 1.807) is 0 Å². The maximum atomic E-state index is 2.50. The highest BCUT2D eigenvalue weighted by molar-refractivity contribution is 4.95. The van der Waals surface area contributed by atoms with Crippen LogP contribution in [-0.4, -0.2) is 29.6 Å². The third kappa shape index (κ3) is 3.77. The van der Waals surface area contributed by atoms with Gasteiger partial charge in [-0.1, -0.05) is 33.1 Å². The molecule has 0 fully saturated rings. The zero-order valence-corrected chi connectivity index (χ0v) is 10.6. The summed E-state index contributed by atoms with van der Waals surface area (Å²) in [6.45, 7) is 5.75. The first-order valence-electron chi connectivity index (χ1n) is 6.45. The zero-order valence-electron chi connectivity index (χ0n) is 10.6. The van der Waals surface area contributed by atoms with Crippen LogP contribution in [0.3, 0.4) is 0 Å². The van der Waals surface area contributed by atoms with E-state index in [9.17, 15) is 0 Å². The molecule has 0 radical (unpaired) electrons. The van der Waals surface area contributed by atoms with Gasteiger partial charge in [-0.3, -0.25) is 0 Å². The largest absolute Gasteiger partial charge is 0.359 e. The Labute approximate surface area is 94.9 Å². The maximum Gasteiger partial charge on any atom is 0.100 e. The van der Waals surface area contributed by atoms with Crippen LogP contribution < -0.4 is 0 Å². The molecule has 0 spiro atoms. The number of rotatable bonds is 7. The van der Waals surface area contributed by atoms with Crippen LogP contribution in [0.25, 0.3) is 0 Å². The van der Waals surface area contributed by atoms with Gasteiger partial charge in [0, 0.05) is 26.0 Å². The summed E-state index contributed by atoms with van der Waals surface area (Å²) >= 11 is 0. The van der Waals surface area contributed by atoms with Crippen molar-refractivity contribution in [1.82, 2.24) is 9.80 Å². The van der Waals surface area contributed by atoms with Crippen LogP contribution in [0.1, 0.15) is 52.4 Å². The Balaban J connectivity index is 2.30. The number of nitrogens with zero attached hydrogens (tertiary/aromatic N) is 2. The molecule has 1 aliphatic rings. The molecule has 0 aromatic carbocycles. The van der Waals surface area contributed by atoms with Gasteiger partial charge < -0.3 is 9.80 Å². The summed E-state index contributed by atoms with van der Waals surface area (Å²) in [4.78, 5) is 4.85. The van der Waals surface area contributed by atoms with Crippen molar-refractivity contribution < 1.29 is 0 Å². The lowest BCUT2D eigenvalue weighted by atomic mass is 10.1. The van der Waals surface area contributed by atoms with E-state index in [1.165, 1.54) is 45.1 Å². The van der Waals surface area contributed by atoms with E-state index in [0.717, 1.165) is 0 Å². The van der Waals surface area contributed by atoms with Gasteiger partial charge in [0.15, 0.2) is 0 Å². The van der Waals surface area contributed by atoms with Crippen LogP contribution in [0.5, 0.6) is 0 Å². The molecule has 0 saturated carbocycles. The highest BCUT2D eigenvalue weighted by Crippen LogP contribution is 2.20. The van der Waals surface area contributed by atoms with E-state index in [2.05, 4.69) is 43.1 Å². The van der Waals surface area contributed by atoms with Crippen molar-refractivity contribution in [3.63, 3.8) is 0 Å². The third-order valence-electron chi connectivity index (χ3n) is 3.18. The highest BCUT2D eigenvalue weighted by atomic mass is 15.4. The summed E-state index contributed by atoms with van der Waals surface area (Å²) in [5.74, 6) is 0. The first-order chi connectivity index (χ1) is 7.29. The van der Waals surface area contributed by atoms with Crippen molar-refractivity contribution in [3.8, 4) is 0 Å². The van der Waals surface area contributed by atoms with Crippen LogP contribution in [-0.2, 0) is 0 Å². The Kier molecular flexibility index (Phi) is 5.59. The molecule has 0 aliphatic carbocycles. The molecule has 1 unspecified atom stereocenters. The standard InChI is InChI=1S/C13H26N2/c1-4-6-8-9-13-14(3)11-12-15(13)10-7-5-2/h11-13H,4-10H2,1-3H3. The summed E-state index contributed by atoms with van der Waals surface area (Å²) in [6.07, 6.45) is 13.0. The van der Waals surface area contributed by atoms with E-state index in [4.69, 9.17) is 0 Å². The van der Waals surface area contributed by atoms with Gasteiger partial charge in [0.25, 0.3) is 0 Å². The van der Waals surface area contributed by atoms with Gasteiger partial charge in [0.05, 0.1) is 0 Å². The lowest BCUT2D eigenvalue weighted by Crippen LogP contribution is -2.36. The summed E-state index contributed by atoms with van der Waals surface area (Å²) < 4.78 is 0. The van der Waals surface area contributed by atoms with Gasteiger partial charge in [-0.15, -0.1) is 0 Å². The molecule has 0 saturated heterocycles. The van der Waals surface area contributed by atoms with Crippen molar-refractivity contribution in [2.45, 2.75) is 58.5 Å². The Hall–Kier alpha value is -0.660. The van der Waals surface area contributed by atoms with Crippen molar-refractivity contribution in [2.75, 3.05) is 13.6 Å². The molecule has 0 aromatic rings. The van der Waals surface area contributed by atoms with Gasteiger partial charge in [-0.2, -0.15) is 0 Å². The van der Waals surface area contributed by atoms with Gasteiger partial charge in [0.2, 0.25) is 0 Å². The minimum atomic E-state index is 0.628. The van der Waals surface area contributed by atoms with Gasteiger partial charge in [-0.25, -0.2) is 0 Å². The SMILES string of the molecule is CCCCCC1N(C)C=CN1CCCC. The lowest BCUT2D eigenvalue weighted by molar-refractivity contribution is 0.160. The van der Waals surface area contributed by atoms with Gasteiger partial charge >= 0.3 is 0 Å². The first kappa shape index (κ1) is 12.4. The second kappa shape index (κ2) is 6.76. The fraction of sp³-hybridized carbons (Fsp3) is 0.846. The van der Waals surface area contributed by atoms with Crippen LogP contribution >= 0.6 is 0 Å². The van der Waals surface area contributed by atoms with Crippen LogP contribution in [0.2, 0.25) is 0 Å². The first-order valence-corrected chi connectivity index (χ1v) is 6.45. The Morgan fingerprint density at radius 3 is 2.40 bits per heavy atom. The Morgan fingerprint density at radius 1 is 1.00 bits per heavy atom. The highest BCUT2D eigenvalue weighted by Gasteiger charge is 2.21. The quantitative estimate of drug-likeness (QED) is 0.594. The monoisotopic (exact) mass is 210 g/mol. The normalized spacial score (nSPS) is 20.3. The number of hydrogen-bond donors (Lipinski definition) is 0. The molecule has 1 atom stereocenters. The molecule has 0 N–H and O–H groups in total. The summed E-state index contributed by atoms with van der Waals surface area (Å²) in [6, 6.07) is 0. The van der Waals surface area contributed by atoms with Crippen molar-refractivity contribution >= 4 is 0 Å². The Morgan fingerprint density at radius 2 is 1.73 bits per heavy atom. The minimum absolute atomic E-state index is 0.628. The molecule has 1 heterocycles. The van der Waals surface area contributed by atoms with Crippen LogP contribution in [0.4, 0.5) is 0 Å². The summed E-state index contributed by atoms with van der Waals surface area (Å²) in [5.41, 5.74) is 0. The fourth-order valence-electron chi connectivity index (χ4n) is 2.13. The molecule has 0 bridgehead atoms. The molecule has 0 aromatic heterocycles. The number of unbranched alkanes of at least 4 members (excludes halogenated alkanes) is 3. The fourth-order valence-corrected chi connectivity index (χ4v) is 2.13. The molecule has 88 valence electrons. The topological polar surface area (TPSA) is 6.48 Å². The van der Waals surface area contributed by atoms with E-state index in [-0.39, 0.29) is 0 Å². The van der Waals surface area contributed by atoms with Crippen molar-refractivity contribution in [1.29, 1.82) is 0 Å². The predicted molar refractivity (Wildman–Crippen MR) is 66.4 cm³/mol. The number of hydrogen-bond acceptors (Lipinski definition) is 2. The van der Waals surface area contributed by atoms with Gasteiger partial charge in [0.1, 0.15) is 6.17 Å². The molecular formula is C13H26N2. The molecule has 0 amide bonds. The summed E-state index contributed by atoms with van der Waals surface area (Å²) in [5, 5.41) is 0. The van der Waals surface area contributed by atoms with E-state index in [0.29, 0.717) is 6.17 Å². The average Bonchev–Trinajstić information content (AvgIpc) is 2.58. The van der Waals surface area contributed by atoms with Crippen molar-refractivity contribution in [3.05, 3.63) is 12.4 Å². The zero-order chi connectivity index (χ0) is 11.1.